The second kappa shape index (κ2) is 7.30. The summed E-state index contributed by atoms with van der Waals surface area (Å²) < 4.78 is 6.00. The van der Waals surface area contributed by atoms with E-state index in [1.54, 1.807) is 5.57 Å². The molecule has 0 saturated carbocycles. The minimum Gasteiger partial charge on any atom is -0.376 e. The fourth-order valence-electron chi connectivity index (χ4n) is 3.32. The average Bonchev–Trinajstić information content (AvgIpc) is 2.73. The highest BCUT2D eigenvalue weighted by atomic mass is 16.5. The van der Waals surface area contributed by atoms with Crippen LogP contribution in [0.3, 0.4) is 0 Å². The largest absolute Gasteiger partial charge is 0.376 e. The van der Waals surface area contributed by atoms with Gasteiger partial charge in [-0.25, -0.2) is 0 Å². The molecule has 1 aliphatic carbocycles. The Balaban J connectivity index is 2.06. The second-order valence-electron chi connectivity index (χ2n) is 5.87. The van der Waals surface area contributed by atoms with Crippen LogP contribution in [0.5, 0.6) is 0 Å². The van der Waals surface area contributed by atoms with Gasteiger partial charge in [-0.05, 0) is 44.6 Å². The van der Waals surface area contributed by atoms with Gasteiger partial charge in [0.1, 0.15) is 0 Å². The Morgan fingerprint density at radius 3 is 2.89 bits per heavy atom. The summed E-state index contributed by atoms with van der Waals surface area (Å²) in [6.07, 6.45) is 12.2. The van der Waals surface area contributed by atoms with Crippen LogP contribution in [0.25, 0.3) is 0 Å². The van der Waals surface area contributed by atoms with Crippen LogP contribution in [0.2, 0.25) is 0 Å². The lowest BCUT2D eigenvalue weighted by Crippen LogP contribution is -2.43. The van der Waals surface area contributed by atoms with Crippen molar-refractivity contribution in [3.8, 4) is 0 Å². The van der Waals surface area contributed by atoms with E-state index in [1.165, 1.54) is 44.9 Å². The van der Waals surface area contributed by atoms with E-state index in [0.717, 1.165) is 13.2 Å². The Morgan fingerprint density at radius 2 is 2.17 bits per heavy atom. The van der Waals surface area contributed by atoms with E-state index in [1.807, 2.05) is 0 Å². The van der Waals surface area contributed by atoms with Gasteiger partial charge in [-0.2, -0.15) is 0 Å². The first-order valence-electron chi connectivity index (χ1n) is 7.87. The minimum absolute atomic E-state index is 0.399. The molecule has 2 heteroatoms. The van der Waals surface area contributed by atoms with Crippen LogP contribution < -0.4 is 5.32 Å². The fraction of sp³-hybridized carbons (Fsp3) is 0.875. The topological polar surface area (TPSA) is 21.3 Å². The smallest absolute Gasteiger partial charge is 0.0792 e. The van der Waals surface area contributed by atoms with E-state index in [9.17, 15) is 0 Å². The van der Waals surface area contributed by atoms with Crippen molar-refractivity contribution in [2.24, 2.45) is 5.92 Å². The number of ether oxygens (including phenoxy) is 1. The van der Waals surface area contributed by atoms with Crippen LogP contribution >= 0.6 is 0 Å². The average molecular weight is 251 g/mol. The normalized spacial score (nSPS) is 31.6. The maximum atomic E-state index is 6.00. The van der Waals surface area contributed by atoms with Gasteiger partial charge in [-0.1, -0.05) is 38.3 Å². The molecule has 3 atom stereocenters. The van der Waals surface area contributed by atoms with Crippen molar-refractivity contribution < 1.29 is 4.74 Å². The Morgan fingerprint density at radius 1 is 1.33 bits per heavy atom. The summed E-state index contributed by atoms with van der Waals surface area (Å²) in [5.41, 5.74) is 1.62. The van der Waals surface area contributed by atoms with Gasteiger partial charge in [-0.3, -0.25) is 0 Å². The van der Waals surface area contributed by atoms with Gasteiger partial charge in [0, 0.05) is 6.61 Å². The molecule has 2 rings (SSSR count). The molecule has 0 amide bonds. The van der Waals surface area contributed by atoms with Crippen LogP contribution in [0.15, 0.2) is 11.6 Å². The van der Waals surface area contributed by atoms with Gasteiger partial charge in [0.2, 0.25) is 0 Å². The number of nitrogens with one attached hydrogen (secondary N) is 1. The monoisotopic (exact) mass is 251 g/mol. The Hall–Kier alpha value is -0.340. The summed E-state index contributed by atoms with van der Waals surface area (Å²) in [7, 11) is 0. The highest BCUT2D eigenvalue weighted by molar-refractivity contribution is 5.15. The predicted octanol–water partition coefficient (Wildman–Crippen LogP) is 3.67. The summed E-state index contributed by atoms with van der Waals surface area (Å²) in [6, 6.07) is 0.464. The number of hydrogen-bond acceptors (Lipinski definition) is 2. The van der Waals surface area contributed by atoms with E-state index in [4.69, 9.17) is 4.74 Å². The van der Waals surface area contributed by atoms with Crippen LogP contribution in [0.1, 0.15) is 58.8 Å². The highest BCUT2D eigenvalue weighted by Gasteiger charge is 2.33. The molecule has 2 nitrogen and oxygen atoms in total. The standard InChI is InChI=1S/C16H29NO/c1-3-17-15(16-13(2)11-12-18-16)14-9-7-5-4-6-8-10-14/h9,13,15-17H,3-8,10-12H2,1-2H3. The Labute approximate surface area is 112 Å². The molecule has 2 aliphatic rings. The van der Waals surface area contributed by atoms with E-state index < -0.39 is 0 Å². The lowest BCUT2D eigenvalue weighted by molar-refractivity contribution is 0.0705. The third-order valence-electron chi connectivity index (χ3n) is 4.42. The predicted molar refractivity (Wildman–Crippen MR) is 76.8 cm³/mol. The summed E-state index contributed by atoms with van der Waals surface area (Å²) in [4.78, 5) is 0. The summed E-state index contributed by atoms with van der Waals surface area (Å²) in [5.74, 6) is 0.695. The molecule has 104 valence electrons. The van der Waals surface area contributed by atoms with Crippen molar-refractivity contribution in [3.63, 3.8) is 0 Å². The van der Waals surface area contributed by atoms with Gasteiger partial charge in [0.15, 0.2) is 0 Å². The first-order valence-corrected chi connectivity index (χ1v) is 7.87. The zero-order valence-corrected chi connectivity index (χ0v) is 12.1. The molecule has 1 heterocycles. The first-order chi connectivity index (χ1) is 8.83. The molecule has 0 bridgehead atoms. The molecular formula is C16H29NO. The molecule has 1 fully saturated rings. The number of rotatable bonds is 4. The number of allylic oxidation sites excluding steroid dienone is 1. The van der Waals surface area contributed by atoms with Crippen molar-refractivity contribution in [1.82, 2.24) is 5.32 Å². The van der Waals surface area contributed by atoms with Crippen molar-refractivity contribution >= 4 is 0 Å². The van der Waals surface area contributed by atoms with Gasteiger partial charge in [0.05, 0.1) is 12.1 Å². The molecule has 1 saturated heterocycles. The van der Waals surface area contributed by atoms with E-state index in [2.05, 4.69) is 25.2 Å². The molecule has 0 aromatic heterocycles. The number of hydrogen-bond donors (Lipinski definition) is 1. The van der Waals surface area contributed by atoms with Crippen molar-refractivity contribution in [1.29, 1.82) is 0 Å². The third kappa shape index (κ3) is 3.58. The molecular weight excluding hydrogens is 222 g/mol. The third-order valence-corrected chi connectivity index (χ3v) is 4.42. The van der Waals surface area contributed by atoms with Crippen molar-refractivity contribution in [2.75, 3.05) is 13.2 Å². The van der Waals surface area contributed by atoms with Crippen LogP contribution in [-0.4, -0.2) is 25.3 Å². The summed E-state index contributed by atoms with van der Waals surface area (Å²) in [5, 5.41) is 3.68. The fourth-order valence-corrected chi connectivity index (χ4v) is 3.32. The van der Waals surface area contributed by atoms with Crippen molar-refractivity contribution in [2.45, 2.75) is 70.9 Å². The molecule has 18 heavy (non-hydrogen) atoms. The molecule has 0 aromatic carbocycles. The molecule has 0 aromatic rings. The summed E-state index contributed by atoms with van der Waals surface area (Å²) in [6.45, 7) is 6.52. The van der Waals surface area contributed by atoms with Crippen LogP contribution in [-0.2, 0) is 4.74 Å². The summed E-state index contributed by atoms with van der Waals surface area (Å²) >= 11 is 0. The van der Waals surface area contributed by atoms with Gasteiger partial charge in [-0.15, -0.1) is 0 Å². The van der Waals surface area contributed by atoms with E-state index in [-0.39, 0.29) is 0 Å². The molecule has 0 radical (unpaired) electrons. The van der Waals surface area contributed by atoms with Gasteiger partial charge in [0.25, 0.3) is 0 Å². The zero-order valence-electron chi connectivity index (χ0n) is 12.1. The van der Waals surface area contributed by atoms with Gasteiger partial charge >= 0.3 is 0 Å². The molecule has 1 N–H and O–H groups in total. The molecule has 3 unspecified atom stereocenters. The lowest BCUT2D eigenvalue weighted by atomic mass is 9.87. The second-order valence-corrected chi connectivity index (χ2v) is 5.87. The van der Waals surface area contributed by atoms with E-state index in [0.29, 0.717) is 18.1 Å². The maximum Gasteiger partial charge on any atom is 0.0792 e. The zero-order chi connectivity index (χ0) is 12.8. The quantitative estimate of drug-likeness (QED) is 0.770. The highest BCUT2D eigenvalue weighted by Crippen LogP contribution is 2.29. The minimum atomic E-state index is 0.399. The Kier molecular flexibility index (Phi) is 5.71. The van der Waals surface area contributed by atoms with E-state index >= 15 is 0 Å². The Bertz CT molecular complexity index is 274. The van der Waals surface area contributed by atoms with Crippen molar-refractivity contribution in [3.05, 3.63) is 11.6 Å². The maximum absolute atomic E-state index is 6.00. The van der Waals surface area contributed by atoms with Crippen LogP contribution in [0, 0.1) is 5.92 Å². The molecule has 1 aliphatic heterocycles. The lowest BCUT2D eigenvalue weighted by Gasteiger charge is -2.30. The SMILES string of the molecule is CCNC(C1=CCCCCCC1)C1OCCC1C. The number of likely N-dealkylation sites (N-methyl/N-ethyl adjacent to an activating group) is 1. The van der Waals surface area contributed by atoms with Crippen LogP contribution in [0.4, 0.5) is 0 Å². The van der Waals surface area contributed by atoms with Gasteiger partial charge < -0.3 is 10.1 Å². The first kappa shape index (κ1) is 14.1. The molecule has 0 spiro atoms.